The minimum Gasteiger partial charge on any atom is -0.328 e. The standard InChI is InChI=1S/C40H51N7O2/c1-44(2)22-9-10-23-47-37-16-8-7-15-35(37)41-38(47)36(28-29-17-18-30-11-3-4-13-32(30)27-29)43-39(48)45-24-20-33(21-25-45)46-26-19-31-12-5-6-14-34(31)42-40(46)49/h5-8,12,14-18,27,33,36H,3-4,9-11,13,19-26,28H2,1-2H3,(H,42,49)(H,43,48). The molecule has 1 saturated heterocycles. The van der Waals surface area contributed by atoms with Gasteiger partial charge in [0.05, 0.1) is 17.1 Å². The number of fused-ring (bicyclic) bond motifs is 3. The van der Waals surface area contributed by atoms with Gasteiger partial charge < -0.3 is 29.9 Å². The lowest BCUT2D eigenvalue weighted by Gasteiger charge is -2.38. The van der Waals surface area contributed by atoms with Crippen LogP contribution in [0.3, 0.4) is 0 Å². The number of imidazole rings is 1. The monoisotopic (exact) mass is 661 g/mol. The second-order valence-corrected chi connectivity index (χ2v) is 14.4. The Morgan fingerprint density at radius 1 is 0.918 bits per heavy atom. The molecule has 258 valence electrons. The Hall–Kier alpha value is -4.37. The number of rotatable bonds is 10. The normalized spacial score (nSPS) is 17.4. The third-order valence-corrected chi connectivity index (χ3v) is 10.7. The lowest BCUT2D eigenvalue weighted by molar-refractivity contribution is 0.133. The topological polar surface area (TPSA) is 85.7 Å². The number of piperidine rings is 1. The van der Waals surface area contributed by atoms with Crippen LogP contribution in [0.25, 0.3) is 11.0 Å². The van der Waals surface area contributed by atoms with Crippen molar-refractivity contribution in [1.29, 1.82) is 0 Å². The molecule has 3 aromatic carbocycles. The molecule has 1 aromatic heterocycles. The van der Waals surface area contributed by atoms with Crippen LogP contribution < -0.4 is 10.6 Å². The van der Waals surface area contributed by atoms with E-state index in [2.05, 4.69) is 76.7 Å². The first-order valence-electron chi connectivity index (χ1n) is 18.3. The number of nitrogens with one attached hydrogen (secondary N) is 2. The Morgan fingerprint density at radius 2 is 1.69 bits per heavy atom. The molecule has 2 N–H and O–H groups in total. The van der Waals surface area contributed by atoms with E-state index < -0.39 is 0 Å². The van der Waals surface area contributed by atoms with Crippen LogP contribution in [0.5, 0.6) is 0 Å². The number of carbonyl (C=O) groups is 2. The van der Waals surface area contributed by atoms with Crippen LogP contribution in [0.4, 0.5) is 15.3 Å². The number of urea groups is 2. The molecule has 3 heterocycles. The van der Waals surface area contributed by atoms with E-state index in [1.54, 1.807) is 0 Å². The third-order valence-electron chi connectivity index (χ3n) is 10.7. The fourth-order valence-corrected chi connectivity index (χ4v) is 8.01. The molecular formula is C40H51N7O2. The zero-order chi connectivity index (χ0) is 33.7. The van der Waals surface area contributed by atoms with Crippen LogP contribution >= 0.6 is 0 Å². The van der Waals surface area contributed by atoms with E-state index in [-0.39, 0.29) is 24.1 Å². The summed E-state index contributed by atoms with van der Waals surface area (Å²) in [5.41, 5.74) is 8.31. The van der Waals surface area contributed by atoms with Crippen LogP contribution in [0, 0.1) is 0 Å². The number of unbranched alkanes of at least 4 members (excludes halogenated alkanes) is 1. The summed E-state index contributed by atoms with van der Waals surface area (Å²) in [6.45, 7) is 3.81. The fraction of sp³-hybridized carbons (Fsp3) is 0.475. The predicted octanol–water partition coefficient (Wildman–Crippen LogP) is 6.80. The number of carbonyl (C=O) groups excluding carboxylic acids is 2. The molecule has 9 nitrogen and oxygen atoms in total. The van der Waals surface area contributed by atoms with Gasteiger partial charge in [-0.3, -0.25) is 0 Å². The number of hydrogen-bond acceptors (Lipinski definition) is 4. The van der Waals surface area contributed by atoms with Crippen LogP contribution in [0.2, 0.25) is 0 Å². The number of benzene rings is 3. The van der Waals surface area contributed by atoms with Gasteiger partial charge in [0.1, 0.15) is 5.82 Å². The highest BCUT2D eigenvalue weighted by molar-refractivity contribution is 5.91. The van der Waals surface area contributed by atoms with Gasteiger partial charge in [-0.25, -0.2) is 14.6 Å². The van der Waals surface area contributed by atoms with Crippen LogP contribution in [0.1, 0.15) is 72.6 Å². The number of likely N-dealkylation sites (tertiary alicyclic amines) is 1. The molecule has 4 aromatic rings. The SMILES string of the molecule is CN(C)CCCCn1c(C(Cc2ccc3c(c2)CCCC3)NC(=O)N2CCC(N3CCc4ccccc4NC3=O)CC2)nc2ccccc21. The van der Waals surface area contributed by atoms with Crippen LogP contribution in [-0.2, 0) is 32.2 Å². The number of aromatic nitrogens is 2. The molecule has 1 atom stereocenters. The molecule has 3 aliphatic rings. The number of amides is 4. The molecule has 7 rings (SSSR count). The number of nitrogens with zero attached hydrogens (tertiary/aromatic N) is 5. The van der Waals surface area contributed by atoms with Gasteiger partial charge in [-0.05, 0) is 125 Å². The van der Waals surface area contributed by atoms with E-state index >= 15 is 0 Å². The van der Waals surface area contributed by atoms with Gasteiger partial charge in [-0.1, -0.05) is 48.5 Å². The van der Waals surface area contributed by atoms with Crippen molar-refractivity contribution in [3.05, 3.63) is 94.8 Å². The summed E-state index contributed by atoms with van der Waals surface area (Å²) >= 11 is 0. The minimum atomic E-state index is -0.275. The third kappa shape index (κ3) is 7.62. The van der Waals surface area contributed by atoms with Gasteiger partial charge in [0.2, 0.25) is 0 Å². The summed E-state index contributed by atoms with van der Waals surface area (Å²) < 4.78 is 2.34. The molecule has 1 unspecified atom stereocenters. The van der Waals surface area contributed by atoms with Crippen molar-refractivity contribution < 1.29 is 9.59 Å². The molecule has 2 aliphatic heterocycles. The van der Waals surface area contributed by atoms with E-state index in [0.717, 1.165) is 80.6 Å². The van der Waals surface area contributed by atoms with Gasteiger partial charge in [-0.2, -0.15) is 0 Å². The van der Waals surface area contributed by atoms with E-state index in [0.29, 0.717) is 26.1 Å². The van der Waals surface area contributed by atoms with Crippen molar-refractivity contribution in [1.82, 2.24) is 29.6 Å². The minimum absolute atomic E-state index is 0.0394. The fourth-order valence-electron chi connectivity index (χ4n) is 8.01. The van der Waals surface area contributed by atoms with E-state index in [1.807, 2.05) is 34.1 Å². The highest BCUT2D eigenvalue weighted by Crippen LogP contribution is 2.29. The predicted molar refractivity (Wildman–Crippen MR) is 196 cm³/mol. The molecule has 0 saturated carbocycles. The largest absolute Gasteiger partial charge is 0.328 e. The zero-order valence-corrected chi connectivity index (χ0v) is 29.2. The Bertz CT molecular complexity index is 1770. The molecular weight excluding hydrogens is 610 g/mol. The lowest BCUT2D eigenvalue weighted by Crippen LogP contribution is -2.52. The average molecular weight is 662 g/mol. The quantitative estimate of drug-likeness (QED) is 0.183. The van der Waals surface area contributed by atoms with Crippen molar-refractivity contribution in [3.8, 4) is 0 Å². The second-order valence-electron chi connectivity index (χ2n) is 14.4. The van der Waals surface area contributed by atoms with E-state index in [1.165, 1.54) is 35.1 Å². The Morgan fingerprint density at radius 3 is 2.53 bits per heavy atom. The summed E-state index contributed by atoms with van der Waals surface area (Å²) in [6.07, 6.45) is 9.94. The van der Waals surface area contributed by atoms with Gasteiger partial charge in [-0.15, -0.1) is 0 Å². The van der Waals surface area contributed by atoms with Gasteiger partial charge in [0.15, 0.2) is 0 Å². The number of aryl methyl sites for hydroxylation is 3. The zero-order valence-electron chi connectivity index (χ0n) is 29.2. The van der Waals surface area contributed by atoms with Crippen molar-refractivity contribution in [2.45, 2.75) is 82.8 Å². The van der Waals surface area contributed by atoms with E-state index in [9.17, 15) is 9.59 Å². The van der Waals surface area contributed by atoms with Crippen molar-refractivity contribution in [3.63, 3.8) is 0 Å². The molecule has 49 heavy (non-hydrogen) atoms. The van der Waals surface area contributed by atoms with Gasteiger partial charge in [0, 0.05) is 37.9 Å². The first-order valence-corrected chi connectivity index (χ1v) is 18.3. The van der Waals surface area contributed by atoms with Gasteiger partial charge >= 0.3 is 12.1 Å². The van der Waals surface area contributed by atoms with Crippen LogP contribution in [-0.4, -0.2) is 82.6 Å². The number of anilines is 1. The molecule has 0 bridgehead atoms. The Labute approximate surface area is 290 Å². The number of hydrogen-bond donors (Lipinski definition) is 2. The summed E-state index contributed by atoms with van der Waals surface area (Å²) in [4.78, 5) is 38.6. The molecule has 9 heteroatoms. The molecule has 1 aliphatic carbocycles. The molecule has 0 radical (unpaired) electrons. The Kier molecular flexibility index (Phi) is 10.2. The average Bonchev–Trinajstić information content (AvgIpc) is 3.39. The number of para-hydroxylation sites is 3. The van der Waals surface area contributed by atoms with Gasteiger partial charge in [0.25, 0.3) is 0 Å². The Balaban J connectivity index is 1.09. The maximum absolute atomic E-state index is 14.1. The lowest BCUT2D eigenvalue weighted by atomic mass is 9.89. The maximum Gasteiger partial charge on any atom is 0.322 e. The smallest absolute Gasteiger partial charge is 0.322 e. The van der Waals surface area contributed by atoms with Crippen molar-refractivity contribution in [2.75, 3.05) is 45.6 Å². The first-order chi connectivity index (χ1) is 23.9. The molecule has 1 fully saturated rings. The summed E-state index contributed by atoms with van der Waals surface area (Å²) in [5, 5.41) is 6.58. The molecule has 4 amide bonds. The highest BCUT2D eigenvalue weighted by atomic mass is 16.2. The first kappa shape index (κ1) is 33.1. The van der Waals surface area contributed by atoms with Crippen molar-refractivity contribution in [2.24, 2.45) is 0 Å². The second kappa shape index (κ2) is 15.0. The van der Waals surface area contributed by atoms with E-state index in [4.69, 9.17) is 4.98 Å². The highest BCUT2D eigenvalue weighted by Gasteiger charge is 2.33. The van der Waals surface area contributed by atoms with Crippen molar-refractivity contribution >= 4 is 28.8 Å². The maximum atomic E-state index is 14.1. The summed E-state index contributed by atoms with van der Waals surface area (Å²) in [6, 6.07) is 23.1. The molecule has 0 spiro atoms. The van der Waals surface area contributed by atoms with Crippen LogP contribution in [0.15, 0.2) is 66.7 Å². The summed E-state index contributed by atoms with van der Waals surface area (Å²) in [5.74, 6) is 0.924. The summed E-state index contributed by atoms with van der Waals surface area (Å²) in [7, 11) is 4.24.